The fourth-order valence-corrected chi connectivity index (χ4v) is 4.46. The van der Waals surface area contributed by atoms with Gasteiger partial charge in [-0.25, -0.2) is 0 Å². The summed E-state index contributed by atoms with van der Waals surface area (Å²) in [5, 5.41) is 12.5. The molecule has 0 amide bonds. The Kier molecular flexibility index (Phi) is 5.82. The number of thioether (sulfide) groups is 1. The molecule has 0 aliphatic carbocycles. The van der Waals surface area contributed by atoms with Gasteiger partial charge in [0, 0.05) is 30.1 Å². The van der Waals surface area contributed by atoms with Crippen molar-refractivity contribution >= 4 is 17.5 Å². The van der Waals surface area contributed by atoms with Gasteiger partial charge in [-0.2, -0.15) is 4.68 Å². The highest BCUT2D eigenvalue weighted by Crippen LogP contribution is 2.24. The zero-order valence-electron chi connectivity index (χ0n) is 17.0. The Morgan fingerprint density at radius 3 is 2.76 bits per heavy atom. The number of nitrogens with zero attached hydrogens (tertiary/aromatic N) is 5. The number of hydrogen-bond acceptors (Lipinski definition) is 6. The maximum atomic E-state index is 12.9. The van der Waals surface area contributed by atoms with E-state index < -0.39 is 0 Å². The van der Waals surface area contributed by atoms with Crippen LogP contribution < -0.4 is 0 Å². The Balaban J connectivity index is 1.46. The first kappa shape index (κ1) is 19.8. The first-order valence-corrected chi connectivity index (χ1v) is 10.8. The first-order chi connectivity index (χ1) is 14.0. The van der Waals surface area contributed by atoms with E-state index in [1.165, 1.54) is 17.3 Å². The lowest BCUT2D eigenvalue weighted by atomic mass is 10.2. The number of carbonyl (C=O) groups is 1. The van der Waals surface area contributed by atoms with Crippen LogP contribution in [0.25, 0.3) is 5.69 Å². The minimum atomic E-state index is 0.0835. The number of ether oxygens (including phenoxy) is 1. The van der Waals surface area contributed by atoms with E-state index in [9.17, 15) is 4.79 Å². The van der Waals surface area contributed by atoms with E-state index in [-0.39, 0.29) is 17.6 Å². The molecule has 2 aromatic heterocycles. The maximum absolute atomic E-state index is 12.9. The van der Waals surface area contributed by atoms with E-state index in [1.54, 1.807) is 4.68 Å². The van der Waals surface area contributed by atoms with Crippen molar-refractivity contribution in [3.05, 3.63) is 52.8 Å². The molecule has 0 N–H and O–H groups in total. The van der Waals surface area contributed by atoms with Crippen LogP contribution in [0.5, 0.6) is 0 Å². The number of aryl methyl sites for hydroxylation is 2. The third-order valence-corrected chi connectivity index (χ3v) is 6.26. The van der Waals surface area contributed by atoms with Crippen LogP contribution in [0.3, 0.4) is 0 Å². The van der Waals surface area contributed by atoms with Gasteiger partial charge in [0.1, 0.15) is 0 Å². The summed E-state index contributed by atoms with van der Waals surface area (Å²) in [5.74, 6) is 0.372. The summed E-state index contributed by atoms with van der Waals surface area (Å²) in [4.78, 5) is 12.9. The molecule has 1 aromatic carbocycles. The van der Waals surface area contributed by atoms with Crippen molar-refractivity contribution in [2.24, 2.45) is 0 Å². The van der Waals surface area contributed by atoms with Gasteiger partial charge in [0.25, 0.3) is 0 Å². The zero-order valence-corrected chi connectivity index (χ0v) is 17.8. The van der Waals surface area contributed by atoms with Crippen LogP contribution in [0.2, 0.25) is 0 Å². The summed E-state index contributed by atoms with van der Waals surface area (Å²) < 4.78 is 9.62. The quantitative estimate of drug-likeness (QED) is 0.437. The average molecular weight is 412 g/mol. The van der Waals surface area contributed by atoms with Gasteiger partial charge in [-0.3, -0.25) is 4.79 Å². The van der Waals surface area contributed by atoms with E-state index >= 15 is 0 Å². The molecule has 0 radical (unpaired) electrons. The second-order valence-corrected chi connectivity index (χ2v) is 8.39. The third-order valence-electron chi connectivity index (χ3n) is 5.34. The second-order valence-electron chi connectivity index (χ2n) is 7.45. The number of aromatic nitrogens is 5. The van der Waals surface area contributed by atoms with Gasteiger partial charge in [-0.1, -0.05) is 29.5 Å². The molecule has 152 valence electrons. The molecule has 1 aliphatic rings. The van der Waals surface area contributed by atoms with E-state index in [0.29, 0.717) is 5.16 Å². The summed E-state index contributed by atoms with van der Waals surface area (Å²) in [7, 11) is 0. The van der Waals surface area contributed by atoms with Crippen LogP contribution in [0.1, 0.15) is 40.2 Å². The summed E-state index contributed by atoms with van der Waals surface area (Å²) in [6.07, 6.45) is 2.44. The van der Waals surface area contributed by atoms with Gasteiger partial charge in [-0.15, -0.1) is 5.10 Å². The van der Waals surface area contributed by atoms with Crippen LogP contribution in [-0.4, -0.2) is 49.0 Å². The van der Waals surface area contributed by atoms with Crippen LogP contribution >= 0.6 is 11.8 Å². The van der Waals surface area contributed by atoms with Gasteiger partial charge in [0.15, 0.2) is 5.78 Å². The highest BCUT2D eigenvalue weighted by Gasteiger charge is 2.21. The van der Waals surface area contributed by atoms with E-state index in [2.05, 4.69) is 20.1 Å². The summed E-state index contributed by atoms with van der Waals surface area (Å²) in [5.41, 5.74) is 4.91. The van der Waals surface area contributed by atoms with Crippen LogP contribution in [0, 0.1) is 20.8 Å². The molecule has 29 heavy (non-hydrogen) atoms. The molecular formula is C21H25N5O2S. The van der Waals surface area contributed by atoms with E-state index in [4.69, 9.17) is 4.74 Å². The molecule has 4 rings (SSSR count). The van der Waals surface area contributed by atoms with Gasteiger partial charge >= 0.3 is 0 Å². The number of rotatable bonds is 7. The summed E-state index contributed by atoms with van der Waals surface area (Å²) in [6.45, 7) is 7.74. The largest absolute Gasteiger partial charge is 0.376 e. The molecule has 7 nitrogen and oxygen atoms in total. The Labute approximate surface area is 174 Å². The maximum Gasteiger partial charge on any atom is 0.214 e. The van der Waals surface area contributed by atoms with Gasteiger partial charge in [0.05, 0.1) is 17.5 Å². The van der Waals surface area contributed by atoms with Gasteiger partial charge < -0.3 is 9.30 Å². The number of benzene rings is 1. The Morgan fingerprint density at radius 2 is 2.03 bits per heavy atom. The number of ketones is 1. The number of hydrogen-bond donors (Lipinski definition) is 0. The van der Waals surface area contributed by atoms with Crippen molar-refractivity contribution in [1.29, 1.82) is 0 Å². The molecule has 1 atom stereocenters. The molecule has 0 bridgehead atoms. The van der Waals surface area contributed by atoms with Gasteiger partial charge in [0.2, 0.25) is 5.16 Å². The first-order valence-electron chi connectivity index (χ1n) is 9.82. The standard InChI is InChI=1S/C21H25N5O2S/c1-14-6-8-17(9-7-14)26-21(22-23-24-26)29-13-20(27)19-11-15(2)25(16(19)3)12-18-5-4-10-28-18/h6-9,11,18H,4-5,10,12-13H2,1-3H3/t18-/m0/s1. The van der Waals surface area contributed by atoms with Crippen molar-refractivity contribution in [2.75, 3.05) is 12.4 Å². The Bertz CT molecular complexity index is 1000. The lowest BCUT2D eigenvalue weighted by molar-refractivity contribution is 0.0957. The predicted octanol–water partition coefficient (Wildman–Crippen LogP) is 3.54. The Morgan fingerprint density at radius 1 is 1.24 bits per heavy atom. The lowest BCUT2D eigenvalue weighted by Crippen LogP contribution is -2.17. The summed E-state index contributed by atoms with van der Waals surface area (Å²) in [6, 6.07) is 9.95. The van der Waals surface area contributed by atoms with Crippen molar-refractivity contribution < 1.29 is 9.53 Å². The molecule has 0 spiro atoms. The SMILES string of the molecule is Cc1ccc(-n2nnnc2SCC(=O)c2cc(C)n(C[C@@H]3CCCO3)c2C)cc1. The smallest absolute Gasteiger partial charge is 0.214 e. The molecule has 1 aliphatic heterocycles. The highest BCUT2D eigenvalue weighted by atomic mass is 32.2. The average Bonchev–Trinajstić information content (AvgIpc) is 3.45. The topological polar surface area (TPSA) is 74.8 Å². The zero-order chi connectivity index (χ0) is 20.4. The lowest BCUT2D eigenvalue weighted by Gasteiger charge is -2.14. The van der Waals surface area contributed by atoms with E-state index in [1.807, 2.05) is 51.1 Å². The molecule has 3 heterocycles. The number of Topliss-reactive ketones (excluding diaryl/α,β-unsaturated/α-hetero) is 1. The molecule has 3 aromatic rings. The normalized spacial score (nSPS) is 16.4. The minimum Gasteiger partial charge on any atom is -0.376 e. The molecule has 1 saturated heterocycles. The van der Waals surface area contributed by atoms with Crippen molar-refractivity contribution in [1.82, 2.24) is 24.8 Å². The second kappa shape index (κ2) is 8.51. The number of tetrazole rings is 1. The number of carbonyl (C=O) groups excluding carboxylic acids is 1. The minimum absolute atomic E-state index is 0.0835. The van der Waals surface area contributed by atoms with Crippen LogP contribution in [0.4, 0.5) is 0 Å². The van der Waals surface area contributed by atoms with Gasteiger partial charge in [-0.05, 0) is 62.2 Å². The van der Waals surface area contributed by atoms with Crippen molar-refractivity contribution in [3.8, 4) is 5.69 Å². The van der Waals surface area contributed by atoms with E-state index in [0.717, 1.165) is 48.6 Å². The fraction of sp³-hybridized carbons (Fsp3) is 0.429. The predicted molar refractivity (Wildman–Crippen MR) is 112 cm³/mol. The third kappa shape index (κ3) is 4.28. The molecule has 1 fully saturated rings. The molecule has 0 unspecified atom stereocenters. The van der Waals surface area contributed by atoms with Crippen molar-refractivity contribution in [3.63, 3.8) is 0 Å². The fourth-order valence-electron chi connectivity index (χ4n) is 3.68. The Hall–Kier alpha value is -2.45. The van der Waals surface area contributed by atoms with Crippen LogP contribution in [-0.2, 0) is 11.3 Å². The van der Waals surface area contributed by atoms with Crippen molar-refractivity contribution in [2.45, 2.75) is 51.4 Å². The highest BCUT2D eigenvalue weighted by molar-refractivity contribution is 7.99. The monoisotopic (exact) mass is 411 g/mol. The molecule has 8 heteroatoms. The van der Waals surface area contributed by atoms with Crippen LogP contribution in [0.15, 0.2) is 35.5 Å². The molecular weight excluding hydrogens is 386 g/mol. The molecule has 0 saturated carbocycles. The summed E-state index contributed by atoms with van der Waals surface area (Å²) >= 11 is 1.36.